The molecule has 0 spiro atoms. The van der Waals surface area contributed by atoms with Crippen molar-refractivity contribution >= 4 is 17.3 Å². The Bertz CT molecular complexity index is 633. The molecule has 0 amide bonds. The number of nitrogens with zero attached hydrogens (tertiary/aromatic N) is 2. The number of aryl methyl sites for hydroxylation is 1. The molecule has 3 fully saturated rings. The highest BCUT2D eigenvalue weighted by atomic mass is 35.5. The number of hydrogen-bond donors (Lipinski definition) is 1. The molecule has 2 saturated carbocycles. The number of aliphatic hydroxyl groups excluding tert-OH is 1. The third-order valence-corrected chi connectivity index (χ3v) is 7.11. The van der Waals surface area contributed by atoms with Crippen molar-refractivity contribution in [3.63, 3.8) is 0 Å². The first kappa shape index (κ1) is 19.5. The van der Waals surface area contributed by atoms with Gasteiger partial charge < -0.3 is 14.7 Å². The second-order valence-electron chi connectivity index (χ2n) is 8.84. The van der Waals surface area contributed by atoms with Crippen LogP contribution in [0.25, 0.3) is 0 Å². The molecule has 1 aromatic carbocycles. The monoisotopic (exact) mass is 392 g/mol. The largest absolute Gasteiger partial charge is 0.389 e. The summed E-state index contributed by atoms with van der Waals surface area (Å²) in [4.78, 5) is 4.75. The van der Waals surface area contributed by atoms with E-state index in [4.69, 9.17) is 16.3 Å². The molecule has 1 aromatic rings. The van der Waals surface area contributed by atoms with Crippen molar-refractivity contribution in [2.24, 2.45) is 17.8 Å². The molecule has 4 rings (SSSR count). The van der Waals surface area contributed by atoms with Gasteiger partial charge in [0.2, 0.25) is 0 Å². The first-order valence-corrected chi connectivity index (χ1v) is 11.0. The van der Waals surface area contributed by atoms with E-state index in [2.05, 4.69) is 28.9 Å². The van der Waals surface area contributed by atoms with E-state index in [0.717, 1.165) is 55.6 Å². The van der Waals surface area contributed by atoms with Gasteiger partial charge in [-0.2, -0.15) is 0 Å². The molecule has 1 aliphatic heterocycles. The van der Waals surface area contributed by atoms with Crippen molar-refractivity contribution in [3.8, 4) is 0 Å². The number of hydrogen-bond acceptors (Lipinski definition) is 4. The average Bonchev–Trinajstić information content (AvgIpc) is 3.28. The van der Waals surface area contributed by atoms with Crippen molar-refractivity contribution in [1.82, 2.24) is 4.90 Å². The van der Waals surface area contributed by atoms with Crippen LogP contribution in [0.2, 0.25) is 5.02 Å². The van der Waals surface area contributed by atoms with E-state index in [1.54, 1.807) is 0 Å². The van der Waals surface area contributed by atoms with Gasteiger partial charge in [0.25, 0.3) is 0 Å². The van der Waals surface area contributed by atoms with Crippen LogP contribution >= 0.6 is 11.6 Å². The smallest absolute Gasteiger partial charge is 0.0900 e. The lowest BCUT2D eigenvalue weighted by atomic mass is 9.90. The minimum Gasteiger partial charge on any atom is -0.389 e. The molecule has 1 heterocycles. The summed E-state index contributed by atoms with van der Waals surface area (Å²) in [5.41, 5.74) is 2.50. The average molecular weight is 393 g/mol. The van der Waals surface area contributed by atoms with Crippen LogP contribution in [0, 0.1) is 24.7 Å². The van der Waals surface area contributed by atoms with E-state index >= 15 is 0 Å². The Hall–Kier alpha value is -0.810. The Kier molecular flexibility index (Phi) is 6.28. The van der Waals surface area contributed by atoms with E-state index < -0.39 is 0 Å². The third kappa shape index (κ3) is 4.79. The zero-order valence-electron chi connectivity index (χ0n) is 16.4. The second kappa shape index (κ2) is 8.69. The number of halogens is 1. The predicted molar refractivity (Wildman–Crippen MR) is 111 cm³/mol. The fraction of sp³-hybridized carbons (Fsp3) is 0.727. The number of aliphatic hydroxyl groups is 1. The van der Waals surface area contributed by atoms with Gasteiger partial charge in [0.1, 0.15) is 0 Å². The van der Waals surface area contributed by atoms with Crippen LogP contribution in [0.4, 0.5) is 5.69 Å². The summed E-state index contributed by atoms with van der Waals surface area (Å²) < 4.78 is 5.89. The van der Waals surface area contributed by atoms with Crippen LogP contribution in [-0.2, 0) is 4.74 Å². The lowest BCUT2D eigenvalue weighted by molar-refractivity contribution is -0.00274. The Morgan fingerprint density at radius 1 is 1.19 bits per heavy atom. The SMILES string of the molecule is Cc1ccc(Cl)cc1N1CCN(C[C@H](O)COC[C@H]2C[C@@H]3CC[C@@H]2C3)CC1. The molecule has 2 aliphatic carbocycles. The molecule has 0 radical (unpaired) electrons. The standard InChI is InChI=1S/C22H33ClN2O2/c1-16-2-5-20(23)12-22(16)25-8-6-24(7-9-25)13-21(26)15-27-14-19-11-17-3-4-18(19)10-17/h2,5,12,17-19,21,26H,3-4,6-11,13-15H2,1H3/t17-,18-,19-,21+/m1/s1. The summed E-state index contributed by atoms with van der Waals surface area (Å²) >= 11 is 6.17. The lowest BCUT2D eigenvalue weighted by Crippen LogP contribution is -2.49. The van der Waals surface area contributed by atoms with Gasteiger partial charge in [0.15, 0.2) is 0 Å². The normalized spacial score (nSPS) is 29.4. The number of β-amino-alcohol motifs (C(OH)–C–C–N with tert-alkyl or cyclic N) is 1. The minimum atomic E-state index is -0.386. The molecule has 4 nitrogen and oxygen atoms in total. The van der Waals surface area contributed by atoms with Crippen LogP contribution in [0.3, 0.4) is 0 Å². The number of benzene rings is 1. The van der Waals surface area contributed by atoms with Crippen molar-refractivity contribution in [2.75, 3.05) is 50.8 Å². The topological polar surface area (TPSA) is 35.9 Å². The molecule has 4 atom stereocenters. The Balaban J connectivity index is 1.16. The van der Waals surface area contributed by atoms with E-state index in [9.17, 15) is 5.11 Å². The maximum Gasteiger partial charge on any atom is 0.0900 e. The van der Waals surface area contributed by atoms with Gasteiger partial charge in [-0.1, -0.05) is 24.1 Å². The number of rotatable bonds is 7. The molecule has 3 aliphatic rings. The quantitative estimate of drug-likeness (QED) is 0.769. The summed E-state index contributed by atoms with van der Waals surface area (Å²) in [6.45, 7) is 8.04. The molecule has 0 unspecified atom stereocenters. The predicted octanol–water partition coefficient (Wildman–Crippen LogP) is 3.58. The number of piperazine rings is 1. The zero-order valence-corrected chi connectivity index (χ0v) is 17.2. The molecule has 2 bridgehead atoms. The number of fused-ring (bicyclic) bond motifs is 2. The van der Waals surface area contributed by atoms with E-state index in [-0.39, 0.29) is 6.10 Å². The highest BCUT2D eigenvalue weighted by Crippen LogP contribution is 2.48. The summed E-state index contributed by atoms with van der Waals surface area (Å²) in [7, 11) is 0. The van der Waals surface area contributed by atoms with E-state index in [1.165, 1.54) is 36.9 Å². The fourth-order valence-electron chi connectivity index (χ4n) is 5.38. The van der Waals surface area contributed by atoms with Crippen LogP contribution in [0.15, 0.2) is 18.2 Å². The van der Waals surface area contributed by atoms with Gasteiger partial charge >= 0.3 is 0 Å². The lowest BCUT2D eigenvalue weighted by Gasteiger charge is -2.37. The van der Waals surface area contributed by atoms with Crippen molar-refractivity contribution in [1.29, 1.82) is 0 Å². The van der Waals surface area contributed by atoms with E-state index in [1.807, 2.05) is 6.07 Å². The van der Waals surface area contributed by atoms with Crippen molar-refractivity contribution < 1.29 is 9.84 Å². The molecule has 27 heavy (non-hydrogen) atoms. The summed E-state index contributed by atoms with van der Waals surface area (Å²) in [6, 6.07) is 6.09. The van der Waals surface area contributed by atoms with Crippen LogP contribution in [-0.4, -0.2) is 62.0 Å². The molecular weight excluding hydrogens is 360 g/mol. The molecule has 150 valence electrons. The number of anilines is 1. The fourth-order valence-corrected chi connectivity index (χ4v) is 5.55. The first-order chi connectivity index (χ1) is 13.1. The van der Waals surface area contributed by atoms with Gasteiger partial charge in [-0.3, -0.25) is 4.90 Å². The van der Waals surface area contributed by atoms with E-state index in [0.29, 0.717) is 13.2 Å². The van der Waals surface area contributed by atoms with Crippen LogP contribution in [0.1, 0.15) is 31.2 Å². The number of ether oxygens (including phenoxy) is 1. The maximum absolute atomic E-state index is 10.4. The highest BCUT2D eigenvalue weighted by molar-refractivity contribution is 6.30. The summed E-state index contributed by atoms with van der Waals surface area (Å²) in [5, 5.41) is 11.2. The molecule has 1 saturated heterocycles. The maximum atomic E-state index is 10.4. The molecule has 5 heteroatoms. The van der Waals surface area contributed by atoms with Gasteiger partial charge in [-0.05, 0) is 61.6 Å². The molecule has 1 N–H and O–H groups in total. The van der Waals surface area contributed by atoms with Gasteiger partial charge in [-0.15, -0.1) is 0 Å². The Morgan fingerprint density at radius 3 is 2.70 bits per heavy atom. The van der Waals surface area contributed by atoms with Gasteiger partial charge in [0.05, 0.1) is 12.7 Å². The Labute approximate surface area is 168 Å². The van der Waals surface area contributed by atoms with Crippen LogP contribution < -0.4 is 4.90 Å². The van der Waals surface area contributed by atoms with Crippen LogP contribution in [0.5, 0.6) is 0 Å². The van der Waals surface area contributed by atoms with Crippen molar-refractivity contribution in [2.45, 2.75) is 38.7 Å². The first-order valence-electron chi connectivity index (χ1n) is 10.6. The molecule has 0 aromatic heterocycles. The third-order valence-electron chi connectivity index (χ3n) is 6.88. The Morgan fingerprint density at radius 2 is 2.00 bits per heavy atom. The summed E-state index contributed by atoms with van der Waals surface area (Å²) in [6.07, 6.45) is 5.23. The molecular formula is C22H33ClN2O2. The zero-order chi connectivity index (χ0) is 18.8. The second-order valence-corrected chi connectivity index (χ2v) is 9.28. The van der Waals surface area contributed by atoms with Crippen molar-refractivity contribution in [3.05, 3.63) is 28.8 Å². The minimum absolute atomic E-state index is 0.386. The summed E-state index contributed by atoms with van der Waals surface area (Å²) in [5.74, 6) is 2.61. The van der Waals surface area contributed by atoms with Gasteiger partial charge in [0, 0.05) is 50.0 Å². The van der Waals surface area contributed by atoms with Gasteiger partial charge in [-0.25, -0.2) is 0 Å². The highest BCUT2D eigenvalue weighted by Gasteiger charge is 2.39.